The van der Waals surface area contributed by atoms with E-state index in [1.165, 1.54) is 0 Å². The van der Waals surface area contributed by atoms with Gasteiger partial charge in [0.25, 0.3) is 0 Å². The van der Waals surface area contributed by atoms with Gasteiger partial charge in [0.1, 0.15) is 0 Å². The number of carboxylic acids is 1. The molecule has 16 heavy (non-hydrogen) atoms. The summed E-state index contributed by atoms with van der Waals surface area (Å²) >= 11 is 0. The second-order valence-electron chi connectivity index (χ2n) is 5.26. The smallest absolute Gasteiger partial charge is 0.320 e. The Hall–Kier alpha value is -1.26. The van der Waals surface area contributed by atoms with E-state index in [9.17, 15) is 9.59 Å². The molecule has 1 aliphatic rings. The zero-order valence-corrected chi connectivity index (χ0v) is 10.4. The molecule has 0 radical (unpaired) electrons. The number of carbonyl (C=O) groups excluding carboxylic acids is 1. The molecule has 1 unspecified atom stereocenters. The first kappa shape index (κ1) is 12.8. The number of likely N-dealkylation sites (N-methyl/N-ethyl adjacent to an activating group) is 1. The van der Waals surface area contributed by atoms with E-state index in [0.29, 0.717) is 13.0 Å². The number of aliphatic carboxylic acids is 1. The molecule has 0 aromatic carbocycles. The summed E-state index contributed by atoms with van der Waals surface area (Å²) in [6.45, 7) is 6.57. The lowest BCUT2D eigenvalue weighted by molar-refractivity contribution is -0.137. The van der Waals surface area contributed by atoms with Gasteiger partial charge in [0.05, 0.1) is 6.04 Å². The van der Waals surface area contributed by atoms with E-state index in [1.807, 2.05) is 20.8 Å². The molecule has 1 atom stereocenters. The van der Waals surface area contributed by atoms with Crippen molar-refractivity contribution < 1.29 is 14.7 Å². The molecule has 1 rings (SSSR count). The van der Waals surface area contributed by atoms with Crippen LogP contribution in [0.5, 0.6) is 0 Å². The van der Waals surface area contributed by atoms with Gasteiger partial charge >= 0.3 is 12.0 Å². The molecular formula is C11H20N2O3. The van der Waals surface area contributed by atoms with Crippen LogP contribution < -0.4 is 0 Å². The van der Waals surface area contributed by atoms with E-state index in [0.717, 1.165) is 0 Å². The Morgan fingerprint density at radius 3 is 2.44 bits per heavy atom. The van der Waals surface area contributed by atoms with Gasteiger partial charge in [-0.2, -0.15) is 0 Å². The summed E-state index contributed by atoms with van der Waals surface area (Å²) < 4.78 is 0. The molecule has 1 aliphatic heterocycles. The van der Waals surface area contributed by atoms with Crippen LogP contribution in [0.15, 0.2) is 0 Å². The van der Waals surface area contributed by atoms with Crippen molar-refractivity contribution >= 4 is 12.0 Å². The summed E-state index contributed by atoms with van der Waals surface area (Å²) in [7, 11) is 1.74. The van der Waals surface area contributed by atoms with Crippen LogP contribution in [-0.4, -0.2) is 52.1 Å². The van der Waals surface area contributed by atoms with Crippen molar-refractivity contribution in [1.29, 1.82) is 0 Å². The fourth-order valence-corrected chi connectivity index (χ4v) is 1.89. The lowest BCUT2D eigenvalue weighted by Gasteiger charge is -2.31. The quantitative estimate of drug-likeness (QED) is 0.794. The summed E-state index contributed by atoms with van der Waals surface area (Å²) in [5.74, 6) is -0.810. The highest BCUT2D eigenvalue weighted by Gasteiger charge is 2.39. The molecule has 2 amide bonds. The molecule has 1 heterocycles. The molecule has 5 nitrogen and oxygen atoms in total. The molecule has 1 N–H and O–H groups in total. The number of carbonyl (C=O) groups is 2. The lowest BCUT2D eigenvalue weighted by Crippen LogP contribution is -2.43. The van der Waals surface area contributed by atoms with Crippen LogP contribution in [-0.2, 0) is 4.79 Å². The van der Waals surface area contributed by atoms with Crippen molar-refractivity contribution in [3.63, 3.8) is 0 Å². The fraction of sp³-hybridized carbons (Fsp3) is 0.818. The van der Waals surface area contributed by atoms with E-state index in [1.54, 1.807) is 16.8 Å². The van der Waals surface area contributed by atoms with Crippen molar-refractivity contribution in [3.8, 4) is 0 Å². The largest absolute Gasteiger partial charge is 0.481 e. The maximum atomic E-state index is 11.9. The zero-order valence-electron chi connectivity index (χ0n) is 10.4. The van der Waals surface area contributed by atoms with Crippen molar-refractivity contribution in [2.45, 2.75) is 45.2 Å². The summed E-state index contributed by atoms with van der Waals surface area (Å²) in [4.78, 5) is 25.9. The minimum Gasteiger partial charge on any atom is -0.481 e. The third-order valence-corrected chi connectivity index (χ3v) is 2.97. The van der Waals surface area contributed by atoms with Gasteiger partial charge in [-0.25, -0.2) is 4.79 Å². The topological polar surface area (TPSA) is 60.9 Å². The number of nitrogens with zero attached hydrogens (tertiary/aromatic N) is 2. The number of amides is 2. The van der Waals surface area contributed by atoms with Crippen molar-refractivity contribution in [1.82, 2.24) is 9.80 Å². The first-order chi connectivity index (χ1) is 7.23. The van der Waals surface area contributed by atoms with Gasteiger partial charge in [-0.15, -0.1) is 0 Å². The third kappa shape index (κ3) is 2.65. The molecule has 0 spiro atoms. The van der Waals surface area contributed by atoms with Gasteiger partial charge < -0.3 is 14.9 Å². The highest BCUT2D eigenvalue weighted by Crippen LogP contribution is 2.25. The Kier molecular flexibility index (Phi) is 3.45. The van der Waals surface area contributed by atoms with E-state index in [2.05, 4.69) is 0 Å². The summed E-state index contributed by atoms with van der Waals surface area (Å²) in [5.41, 5.74) is -0.205. The molecular weight excluding hydrogens is 208 g/mol. The molecule has 1 saturated heterocycles. The maximum absolute atomic E-state index is 11.9. The number of urea groups is 1. The van der Waals surface area contributed by atoms with Gasteiger partial charge in [-0.3, -0.25) is 4.79 Å². The SMILES string of the molecule is CN1C(=O)N(C(C)(C)C)CC1CCC(=O)O. The Balaban J connectivity index is 2.65. The van der Waals surface area contributed by atoms with Crippen LogP contribution in [0.4, 0.5) is 4.79 Å². The summed E-state index contributed by atoms with van der Waals surface area (Å²) in [6, 6.07) is 0.00529. The summed E-state index contributed by atoms with van der Waals surface area (Å²) in [6.07, 6.45) is 0.629. The standard InChI is InChI=1S/C11H20N2O3/c1-11(2,3)13-7-8(5-6-9(14)15)12(4)10(13)16/h8H,5-7H2,1-4H3,(H,14,15). The highest BCUT2D eigenvalue weighted by atomic mass is 16.4. The third-order valence-electron chi connectivity index (χ3n) is 2.97. The Bertz CT molecular complexity index is 296. The molecule has 0 bridgehead atoms. The van der Waals surface area contributed by atoms with Crippen molar-refractivity contribution in [3.05, 3.63) is 0 Å². The van der Waals surface area contributed by atoms with Crippen LogP contribution in [0, 0.1) is 0 Å². The van der Waals surface area contributed by atoms with Crippen LogP contribution in [0.1, 0.15) is 33.6 Å². The maximum Gasteiger partial charge on any atom is 0.320 e. The number of carboxylic acid groups (broad SMARTS) is 1. The Labute approximate surface area is 96.0 Å². The van der Waals surface area contributed by atoms with E-state index in [-0.39, 0.29) is 24.0 Å². The molecule has 92 valence electrons. The first-order valence-electron chi connectivity index (χ1n) is 5.49. The van der Waals surface area contributed by atoms with E-state index in [4.69, 9.17) is 5.11 Å². The second-order valence-corrected chi connectivity index (χ2v) is 5.26. The van der Waals surface area contributed by atoms with Gasteiger partial charge in [0.15, 0.2) is 0 Å². The molecule has 5 heteroatoms. The fourth-order valence-electron chi connectivity index (χ4n) is 1.89. The zero-order chi connectivity index (χ0) is 12.5. The molecule has 1 fully saturated rings. The van der Waals surface area contributed by atoms with Crippen molar-refractivity contribution in [2.75, 3.05) is 13.6 Å². The molecule has 0 aromatic rings. The monoisotopic (exact) mass is 228 g/mol. The Morgan fingerprint density at radius 1 is 1.50 bits per heavy atom. The normalized spacial score (nSPS) is 21.8. The molecule has 0 saturated carbocycles. The number of rotatable bonds is 3. The summed E-state index contributed by atoms with van der Waals surface area (Å²) in [5, 5.41) is 8.63. The number of hydrogen-bond acceptors (Lipinski definition) is 2. The van der Waals surface area contributed by atoms with Crippen LogP contribution in [0.3, 0.4) is 0 Å². The van der Waals surface area contributed by atoms with Crippen LogP contribution in [0.25, 0.3) is 0 Å². The van der Waals surface area contributed by atoms with Crippen LogP contribution >= 0.6 is 0 Å². The van der Waals surface area contributed by atoms with E-state index >= 15 is 0 Å². The van der Waals surface area contributed by atoms with Gasteiger partial charge in [-0.05, 0) is 27.2 Å². The first-order valence-corrected chi connectivity index (χ1v) is 5.49. The predicted octanol–water partition coefficient (Wildman–Crippen LogP) is 1.39. The molecule has 0 aromatic heterocycles. The molecule has 0 aliphatic carbocycles. The van der Waals surface area contributed by atoms with Gasteiger partial charge in [0, 0.05) is 25.6 Å². The van der Waals surface area contributed by atoms with Gasteiger partial charge in [-0.1, -0.05) is 0 Å². The minimum absolute atomic E-state index is 0.0112. The number of hydrogen-bond donors (Lipinski definition) is 1. The lowest BCUT2D eigenvalue weighted by atomic mass is 10.1. The van der Waals surface area contributed by atoms with E-state index < -0.39 is 5.97 Å². The van der Waals surface area contributed by atoms with Gasteiger partial charge in [0.2, 0.25) is 0 Å². The second kappa shape index (κ2) is 4.31. The highest BCUT2D eigenvalue weighted by molar-refractivity contribution is 5.78. The van der Waals surface area contributed by atoms with Crippen LogP contribution in [0.2, 0.25) is 0 Å². The predicted molar refractivity (Wildman–Crippen MR) is 60.3 cm³/mol. The Morgan fingerprint density at radius 2 is 2.06 bits per heavy atom. The average molecular weight is 228 g/mol. The van der Waals surface area contributed by atoms with Crippen molar-refractivity contribution in [2.24, 2.45) is 0 Å². The minimum atomic E-state index is -0.810. The average Bonchev–Trinajstić information content (AvgIpc) is 2.40.